The molecule has 0 spiro atoms. The summed E-state index contributed by atoms with van der Waals surface area (Å²) in [6.45, 7) is 3.87. The van der Waals surface area contributed by atoms with E-state index in [1.54, 1.807) is 36.4 Å². The van der Waals surface area contributed by atoms with Crippen molar-refractivity contribution >= 4 is 27.7 Å². The molecule has 0 saturated carbocycles. The van der Waals surface area contributed by atoms with Gasteiger partial charge in [-0.3, -0.25) is 4.79 Å². The largest absolute Gasteiger partial charge is 0.503 e. The number of ketones is 1. The Morgan fingerprint density at radius 1 is 1.27 bits per heavy atom. The van der Waals surface area contributed by atoms with Gasteiger partial charge in [-0.15, -0.1) is 0 Å². The number of rotatable bonds is 4. The van der Waals surface area contributed by atoms with Crippen LogP contribution in [0, 0.1) is 5.92 Å². The smallest absolute Gasteiger partial charge is 0.319 e. The predicted octanol–water partition coefficient (Wildman–Crippen LogP) is 3.53. The summed E-state index contributed by atoms with van der Waals surface area (Å²) >= 11 is 3.27. The maximum absolute atomic E-state index is 13.1. The lowest BCUT2D eigenvalue weighted by Gasteiger charge is -2.34. The Morgan fingerprint density at radius 3 is 2.62 bits per heavy atom. The van der Waals surface area contributed by atoms with Crippen LogP contribution in [0.1, 0.15) is 22.0 Å². The number of ether oxygens (including phenoxy) is 1. The zero-order chi connectivity index (χ0) is 18.8. The Hall–Kier alpha value is -2.80. The molecule has 0 aliphatic carbocycles. The number of carbonyl (C=O) groups is 2. The minimum atomic E-state index is -0.712. The summed E-state index contributed by atoms with van der Waals surface area (Å²) in [6.07, 6.45) is 0. The second-order valence-electron chi connectivity index (χ2n) is 5.86. The van der Waals surface area contributed by atoms with Gasteiger partial charge in [0.05, 0.1) is 23.5 Å². The summed E-state index contributed by atoms with van der Waals surface area (Å²) in [4.78, 5) is 25.0. The molecule has 1 aliphatic heterocycles. The third-order valence-electron chi connectivity index (χ3n) is 4.24. The first-order valence-corrected chi connectivity index (χ1v) is 8.63. The topological polar surface area (TPSA) is 87.7 Å². The monoisotopic (exact) mass is 416 g/mol. The van der Waals surface area contributed by atoms with E-state index in [0.29, 0.717) is 21.3 Å². The highest BCUT2D eigenvalue weighted by molar-refractivity contribution is 9.10. The molecular formula is C19H17BrN2O4. The fourth-order valence-electron chi connectivity index (χ4n) is 2.98. The van der Waals surface area contributed by atoms with Gasteiger partial charge in [0.1, 0.15) is 0 Å². The highest BCUT2D eigenvalue weighted by Crippen LogP contribution is 2.40. The minimum absolute atomic E-state index is 0.0544. The number of phenolic OH excluding ortho intramolecular Hbond substituents is 1. The van der Waals surface area contributed by atoms with Crippen LogP contribution in [0.4, 0.5) is 4.79 Å². The standard InChI is InChI=1S/C19H17BrN2O4/c1-10-15(17(23)11-6-4-3-5-7-11)16(22-19(25)21-10)12-8-13(20)18(24)14(9-12)26-2/h3-9,15-16,24H,1H2,2H3,(H2,21,22,25)/t15-,16+/m0/s1. The van der Waals surface area contributed by atoms with Crippen molar-refractivity contribution in [2.45, 2.75) is 6.04 Å². The number of urea groups is 1. The molecule has 1 aliphatic rings. The lowest BCUT2D eigenvalue weighted by Crippen LogP contribution is -2.50. The fraction of sp³-hybridized carbons (Fsp3) is 0.158. The van der Waals surface area contributed by atoms with E-state index < -0.39 is 18.0 Å². The van der Waals surface area contributed by atoms with Gasteiger partial charge < -0.3 is 20.5 Å². The minimum Gasteiger partial charge on any atom is -0.503 e. The molecule has 6 nitrogen and oxygen atoms in total. The van der Waals surface area contributed by atoms with E-state index >= 15 is 0 Å². The summed E-state index contributed by atoms with van der Waals surface area (Å²) in [5, 5.41) is 15.4. The van der Waals surface area contributed by atoms with Gasteiger partial charge in [0.15, 0.2) is 17.3 Å². The molecule has 2 amide bonds. The van der Waals surface area contributed by atoms with E-state index in [9.17, 15) is 14.7 Å². The van der Waals surface area contributed by atoms with Gasteiger partial charge in [0.2, 0.25) is 0 Å². The Balaban J connectivity index is 2.07. The maximum atomic E-state index is 13.1. The van der Waals surface area contributed by atoms with Crippen molar-refractivity contribution in [2.75, 3.05) is 7.11 Å². The molecule has 0 radical (unpaired) electrons. The van der Waals surface area contributed by atoms with E-state index in [1.807, 2.05) is 6.07 Å². The van der Waals surface area contributed by atoms with Crippen molar-refractivity contribution in [2.24, 2.45) is 5.92 Å². The number of carbonyl (C=O) groups excluding carboxylic acids is 2. The van der Waals surface area contributed by atoms with Crippen molar-refractivity contribution < 1.29 is 19.4 Å². The first-order valence-electron chi connectivity index (χ1n) is 7.84. The van der Waals surface area contributed by atoms with Crippen LogP contribution in [0.2, 0.25) is 0 Å². The zero-order valence-corrected chi connectivity index (χ0v) is 15.5. The van der Waals surface area contributed by atoms with Crippen LogP contribution in [0.25, 0.3) is 0 Å². The molecule has 0 unspecified atom stereocenters. The predicted molar refractivity (Wildman–Crippen MR) is 100 cm³/mol. The lowest BCUT2D eigenvalue weighted by molar-refractivity contribution is 0.0905. The van der Waals surface area contributed by atoms with Crippen LogP contribution in [-0.4, -0.2) is 24.0 Å². The second kappa shape index (κ2) is 7.21. The Labute approximate surface area is 159 Å². The second-order valence-corrected chi connectivity index (χ2v) is 6.72. The Kier molecular flexibility index (Phi) is 4.99. The average molecular weight is 417 g/mol. The number of hydrogen-bond acceptors (Lipinski definition) is 4. The van der Waals surface area contributed by atoms with E-state index in [1.165, 1.54) is 7.11 Å². The van der Waals surface area contributed by atoms with E-state index in [2.05, 4.69) is 33.1 Å². The van der Waals surface area contributed by atoms with Crippen molar-refractivity contribution in [3.63, 3.8) is 0 Å². The highest BCUT2D eigenvalue weighted by Gasteiger charge is 2.38. The molecule has 1 saturated heterocycles. The van der Waals surface area contributed by atoms with Crippen LogP contribution < -0.4 is 15.4 Å². The summed E-state index contributed by atoms with van der Waals surface area (Å²) in [5.74, 6) is -0.701. The van der Waals surface area contributed by atoms with Crippen LogP contribution in [0.5, 0.6) is 11.5 Å². The van der Waals surface area contributed by atoms with Gasteiger partial charge >= 0.3 is 6.03 Å². The number of nitrogens with one attached hydrogen (secondary N) is 2. The number of Topliss-reactive ketones (excluding diaryl/α,β-unsaturated/α-hetero) is 1. The normalized spacial score (nSPS) is 19.5. The first-order chi connectivity index (χ1) is 12.4. The zero-order valence-electron chi connectivity index (χ0n) is 14.0. The van der Waals surface area contributed by atoms with E-state index in [-0.39, 0.29) is 17.3 Å². The summed E-state index contributed by atoms with van der Waals surface area (Å²) in [7, 11) is 1.43. The highest BCUT2D eigenvalue weighted by atomic mass is 79.9. The maximum Gasteiger partial charge on any atom is 0.319 e. The van der Waals surface area contributed by atoms with Gasteiger partial charge in [0.25, 0.3) is 0 Å². The Bertz CT molecular complexity index is 883. The molecule has 2 aromatic rings. The summed E-state index contributed by atoms with van der Waals surface area (Å²) in [6, 6.07) is 11.0. The van der Waals surface area contributed by atoms with Crippen molar-refractivity contribution in [1.29, 1.82) is 0 Å². The van der Waals surface area contributed by atoms with Gasteiger partial charge in [-0.05, 0) is 33.6 Å². The van der Waals surface area contributed by atoms with Crippen molar-refractivity contribution in [3.05, 3.63) is 70.3 Å². The molecular weight excluding hydrogens is 400 g/mol. The molecule has 2 aromatic carbocycles. The number of halogens is 1. The number of benzene rings is 2. The molecule has 0 bridgehead atoms. The quantitative estimate of drug-likeness (QED) is 0.665. The third kappa shape index (κ3) is 3.30. The van der Waals surface area contributed by atoms with E-state index in [0.717, 1.165) is 0 Å². The molecule has 134 valence electrons. The molecule has 3 rings (SSSR count). The van der Waals surface area contributed by atoms with Crippen LogP contribution in [-0.2, 0) is 0 Å². The molecule has 1 fully saturated rings. The SMILES string of the molecule is C=C1NC(=O)N[C@H](c2cc(Br)c(O)c(OC)c2)[C@H]1C(=O)c1ccccc1. The third-order valence-corrected chi connectivity index (χ3v) is 4.84. The number of aromatic hydroxyl groups is 1. The van der Waals surface area contributed by atoms with Crippen molar-refractivity contribution in [1.82, 2.24) is 10.6 Å². The molecule has 26 heavy (non-hydrogen) atoms. The Morgan fingerprint density at radius 2 is 1.96 bits per heavy atom. The molecule has 0 aromatic heterocycles. The lowest BCUT2D eigenvalue weighted by atomic mass is 9.83. The molecule has 1 heterocycles. The first kappa shape index (κ1) is 18.0. The van der Waals surface area contributed by atoms with E-state index in [4.69, 9.17) is 4.74 Å². The van der Waals surface area contributed by atoms with Gasteiger partial charge in [-0.2, -0.15) is 0 Å². The number of amides is 2. The van der Waals surface area contributed by atoms with Crippen molar-refractivity contribution in [3.8, 4) is 11.5 Å². The van der Waals surface area contributed by atoms with Gasteiger partial charge in [-0.25, -0.2) is 4.79 Å². The van der Waals surface area contributed by atoms with Crippen LogP contribution in [0.3, 0.4) is 0 Å². The molecule has 2 atom stereocenters. The average Bonchev–Trinajstić information content (AvgIpc) is 2.63. The number of phenols is 1. The molecule has 7 heteroatoms. The summed E-state index contributed by atoms with van der Waals surface area (Å²) < 4.78 is 5.57. The summed E-state index contributed by atoms with van der Waals surface area (Å²) in [5.41, 5.74) is 1.44. The van der Waals surface area contributed by atoms with Gasteiger partial charge in [-0.1, -0.05) is 36.9 Å². The van der Waals surface area contributed by atoms with Crippen LogP contribution >= 0.6 is 15.9 Å². The van der Waals surface area contributed by atoms with Gasteiger partial charge in [0, 0.05) is 11.3 Å². The van der Waals surface area contributed by atoms with Crippen LogP contribution in [0.15, 0.2) is 59.2 Å². The fourth-order valence-corrected chi connectivity index (χ4v) is 3.44. The molecule has 3 N–H and O–H groups in total. The number of methoxy groups -OCH3 is 1. The number of hydrogen-bond donors (Lipinski definition) is 3.